The molecule has 3 nitrogen and oxygen atoms in total. The van der Waals surface area contributed by atoms with E-state index < -0.39 is 0 Å². The topological polar surface area (TPSA) is 38.0 Å². The Morgan fingerprint density at radius 1 is 1.40 bits per heavy atom. The van der Waals surface area contributed by atoms with Gasteiger partial charge in [0.05, 0.1) is 5.75 Å². The van der Waals surface area contributed by atoms with Gasteiger partial charge in [-0.15, -0.1) is 11.8 Å². The third-order valence-corrected chi connectivity index (χ3v) is 3.20. The van der Waals surface area contributed by atoms with E-state index in [9.17, 15) is 5.11 Å². The molecule has 0 atom stereocenters. The first-order chi connectivity index (χ1) is 7.27. The molecular formula is C11H12N2OS. The van der Waals surface area contributed by atoms with Crippen LogP contribution >= 0.6 is 11.8 Å². The van der Waals surface area contributed by atoms with E-state index in [0.29, 0.717) is 5.75 Å². The first-order valence-electron chi connectivity index (χ1n) is 4.64. The maximum absolute atomic E-state index is 9.56. The molecule has 0 saturated carbocycles. The Labute approximate surface area is 92.8 Å². The van der Waals surface area contributed by atoms with E-state index in [1.165, 1.54) is 0 Å². The zero-order chi connectivity index (χ0) is 10.7. The molecule has 0 radical (unpaired) electrons. The fourth-order valence-corrected chi connectivity index (χ4v) is 2.21. The van der Waals surface area contributed by atoms with Crippen molar-refractivity contribution in [1.82, 2.24) is 9.55 Å². The van der Waals surface area contributed by atoms with Gasteiger partial charge < -0.3 is 9.67 Å². The van der Waals surface area contributed by atoms with Crippen LogP contribution in [0, 0.1) is 0 Å². The maximum Gasteiger partial charge on any atom is 0.129 e. The van der Waals surface area contributed by atoms with Crippen molar-refractivity contribution in [3.63, 3.8) is 0 Å². The third kappa shape index (κ3) is 2.33. The van der Waals surface area contributed by atoms with Crippen LogP contribution in [0.2, 0.25) is 0 Å². The lowest BCUT2D eigenvalue weighted by Crippen LogP contribution is -1.94. The number of aromatic hydroxyl groups is 1. The third-order valence-electron chi connectivity index (χ3n) is 2.14. The largest absolute Gasteiger partial charge is 0.507 e. The highest BCUT2D eigenvalue weighted by molar-refractivity contribution is 7.98. The number of hydrogen-bond acceptors (Lipinski definition) is 3. The number of hydrogen-bond donors (Lipinski definition) is 1. The summed E-state index contributed by atoms with van der Waals surface area (Å²) in [6.45, 7) is 0. The minimum absolute atomic E-state index is 0.330. The van der Waals surface area contributed by atoms with Crippen LogP contribution in [0.3, 0.4) is 0 Å². The van der Waals surface area contributed by atoms with E-state index in [1.54, 1.807) is 24.0 Å². The zero-order valence-corrected chi connectivity index (χ0v) is 9.24. The summed E-state index contributed by atoms with van der Waals surface area (Å²) in [7, 11) is 1.97. The molecule has 0 fully saturated rings. The number of rotatable bonds is 3. The molecule has 1 aromatic heterocycles. The van der Waals surface area contributed by atoms with Crippen molar-refractivity contribution in [1.29, 1.82) is 0 Å². The lowest BCUT2D eigenvalue weighted by atomic mass is 10.3. The van der Waals surface area contributed by atoms with Crippen LogP contribution in [0.5, 0.6) is 5.75 Å². The van der Waals surface area contributed by atoms with Gasteiger partial charge in [-0.25, -0.2) is 4.98 Å². The molecule has 0 bridgehead atoms. The van der Waals surface area contributed by atoms with Crippen molar-refractivity contribution in [2.45, 2.75) is 10.6 Å². The van der Waals surface area contributed by atoms with Gasteiger partial charge in [0.25, 0.3) is 0 Å². The van der Waals surface area contributed by atoms with Crippen molar-refractivity contribution >= 4 is 11.8 Å². The normalized spacial score (nSPS) is 10.5. The van der Waals surface area contributed by atoms with Crippen molar-refractivity contribution in [3.8, 4) is 5.75 Å². The van der Waals surface area contributed by atoms with E-state index >= 15 is 0 Å². The molecule has 0 saturated heterocycles. The van der Waals surface area contributed by atoms with Gasteiger partial charge in [0.15, 0.2) is 0 Å². The summed E-state index contributed by atoms with van der Waals surface area (Å²) in [5, 5.41) is 9.56. The predicted octanol–water partition coefficient (Wildman–Crippen LogP) is 2.42. The summed E-state index contributed by atoms with van der Waals surface area (Å²) < 4.78 is 1.98. The van der Waals surface area contributed by atoms with Crippen molar-refractivity contribution in [3.05, 3.63) is 42.5 Å². The molecule has 0 amide bonds. The summed E-state index contributed by atoms with van der Waals surface area (Å²) in [4.78, 5) is 5.11. The molecule has 1 heterocycles. The monoisotopic (exact) mass is 220 g/mol. The SMILES string of the molecule is Cn1ccnc1CSc1ccccc1O. The minimum Gasteiger partial charge on any atom is -0.507 e. The van der Waals surface area contributed by atoms with Gasteiger partial charge in [0, 0.05) is 24.3 Å². The van der Waals surface area contributed by atoms with Crippen molar-refractivity contribution in [2.75, 3.05) is 0 Å². The van der Waals surface area contributed by atoms with Gasteiger partial charge in [-0.3, -0.25) is 0 Å². The average Bonchev–Trinajstić information content (AvgIpc) is 2.63. The maximum atomic E-state index is 9.56. The van der Waals surface area contributed by atoms with E-state index in [1.807, 2.05) is 36.0 Å². The summed E-state index contributed by atoms with van der Waals surface area (Å²) in [6.07, 6.45) is 3.70. The summed E-state index contributed by atoms with van der Waals surface area (Å²) in [5.41, 5.74) is 0. The fraction of sp³-hybridized carbons (Fsp3) is 0.182. The van der Waals surface area contributed by atoms with Crippen LogP contribution in [-0.2, 0) is 12.8 Å². The Morgan fingerprint density at radius 3 is 2.87 bits per heavy atom. The summed E-state index contributed by atoms with van der Waals surface area (Å²) in [5.74, 6) is 2.10. The van der Waals surface area contributed by atoms with Gasteiger partial charge in [0.1, 0.15) is 11.6 Å². The molecule has 2 aromatic rings. The number of benzene rings is 1. The molecule has 78 valence electrons. The lowest BCUT2D eigenvalue weighted by molar-refractivity contribution is 0.462. The number of aromatic nitrogens is 2. The van der Waals surface area contributed by atoms with Crippen LogP contribution < -0.4 is 0 Å². The molecule has 2 rings (SSSR count). The highest BCUT2D eigenvalue weighted by Gasteiger charge is 2.03. The smallest absolute Gasteiger partial charge is 0.129 e. The minimum atomic E-state index is 0.330. The summed E-state index contributed by atoms with van der Waals surface area (Å²) in [6, 6.07) is 7.34. The van der Waals surface area contributed by atoms with Gasteiger partial charge in [-0.1, -0.05) is 12.1 Å². The Kier molecular flexibility index (Phi) is 2.97. The van der Waals surface area contributed by atoms with E-state index in [-0.39, 0.29) is 0 Å². The molecule has 15 heavy (non-hydrogen) atoms. The second-order valence-corrected chi connectivity index (χ2v) is 4.23. The quantitative estimate of drug-likeness (QED) is 0.807. The molecule has 1 N–H and O–H groups in total. The number of phenolic OH excluding ortho intramolecular Hbond substituents is 1. The summed E-state index contributed by atoms with van der Waals surface area (Å²) >= 11 is 1.59. The fourth-order valence-electron chi connectivity index (χ4n) is 1.26. The standard InChI is InChI=1S/C11H12N2OS/c1-13-7-6-12-11(13)8-15-10-5-3-2-4-9(10)14/h2-7,14H,8H2,1H3. The second kappa shape index (κ2) is 4.40. The number of nitrogens with zero attached hydrogens (tertiary/aromatic N) is 2. The van der Waals surface area contributed by atoms with E-state index in [2.05, 4.69) is 4.98 Å². The zero-order valence-electron chi connectivity index (χ0n) is 8.42. The Hall–Kier alpha value is -1.42. The first kappa shape index (κ1) is 10.1. The molecule has 0 unspecified atom stereocenters. The number of imidazole rings is 1. The van der Waals surface area contributed by atoms with Crippen LogP contribution in [0.25, 0.3) is 0 Å². The number of aryl methyl sites for hydroxylation is 1. The predicted molar refractivity (Wildman–Crippen MR) is 60.9 cm³/mol. The Bertz CT molecular complexity index is 453. The van der Waals surface area contributed by atoms with Crippen molar-refractivity contribution in [2.24, 2.45) is 7.05 Å². The Balaban J connectivity index is 2.06. The highest BCUT2D eigenvalue weighted by atomic mass is 32.2. The van der Waals surface area contributed by atoms with Crippen LogP contribution in [0.4, 0.5) is 0 Å². The van der Waals surface area contributed by atoms with E-state index in [4.69, 9.17) is 0 Å². The molecule has 0 aliphatic carbocycles. The van der Waals surface area contributed by atoms with Crippen molar-refractivity contribution < 1.29 is 5.11 Å². The Morgan fingerprint density at radius 2 is 2.20 bits per heavy atom. The second-order valence-electron chi connectivity index (χ2n) is 3.21. The number of phenols is 1. The van der Waals surface area contributed by atoms with E-state index in [0.717, 1.165) is 16.5 Å². The van der Waals surface area contributed by atoms with Crippen LogP contribution in [0.15, 0.2) is 41.6 Å². The van der Waals surface area contributed by atoms with Crippen LogP contribution in [0.1, 0.15) is 5.82 Å². The molecule has 0 aliphatic heterocycles. The van der Waals surface area contributed by atoms with Gasteiger partial charge in [0.2, 0.25) is 0 Å². The van der Waals surface area contributed by atoms with Gasteiger partial charge >= 0.3 is 0 Å². The number of thioether (sulfide) groups is 1. The molecular weight excluding hydrogens is 208 g/mol. The molecule has 1 aromatic carbocycles. The molecule has 0 spiro atoms. The van der Waals surface area contributed by atoms with Gasteiger partial charge in [-0.2, -0.15) is 0 Å². The van der Waals surface area contributed by atoms with Gasteiger partial charge in [-0.05, 0) is 12.1 Å². The number of para-hydroxylation sites is 1. The first-order valence-corrected chi connectivity index (χ1v) is 5.63. The lowest BCUT2D eigenvalue weighted by Gasteiger charge is -2.03. The average molecular weight is 220 g/mol. The molecule has 4 heteroatoms. The van der Waals surface area contributed by atoms with Crippen LogP contribution in [-0.4, -0.2) is 14.7 Å². The highest BCUT2D eigenvalue weighted by Crippen LogP contribution is 2.29. The molecule has 0 aliphatic rings.